The largest absolute Gasteiger partial charge is 0.365 e. The molecule has 0 saturated carbocycles. The highest BCUT2D eigenvalue weighted by Crippen LogP contribution is 2.24. The van der Waals surface area contributed by atoms with E-state index in [-0.39, 0.29) is 5.91 Å². The van der Waals surface area contributed by atoms with Crippen molar-refractivity contribution >= 4 is 11.9 Å². The summed E-state index contributed by atoms with van der Waals surface area (Å²) in [5, 5.41) is 3.04. The van der Waals surface area contributed by atoms with Gasteiger partial charge < -0.3 is 15.0 Å². The number of anilines is 1. The second-order valence-electron chi connectivity index (χ2n) is 6.67. The molecule has 1 atom stereocenters. The zero-order valence-corrected chi connectivity index (χ0v) is 14.4. The molecule has 3 heterocycles. The summed E-state index contributed by atoms with van der Waals surface area (Å²) in [5.41, 5.74) is -0.637. The number of carbonyl (C=O) groups excluding carboxylic acids is 1. The van der Waals surface area contributed by atoms with E-state index in [2.05, 4.69) is 25.1 Å². The van der Waals surface area contributed by atoms with Gasteiger partial charge in [0.1, 0.15) is 5.60 Å². The molecular weight excluding hydrogens is 306 g/mol. The number of piperazine rings is 1. The number of ether oxygens (including phenoxy) is 1. The van der Waals surface area contributed by atoms with E-state index in [0.717, 1.165) is 57.9 Å². The molecule has 0 aliphatic carbocycles. The molecule has 7 nitrogen and oxygen atoms in total. The zero-order valence-electron chi connectivity index (χ0n) is 14.4. The number of aromatic nitrogens is 2. The molecule has 2 aliphatic rings. The molecule has 1 N–H and O–H groups in total. The molecule has 7 heteroatoms. The first kappa shape index (κ1) is 17.1. The van der Waals surface area contributed by atoms with Crippen molar-refractivity contribution in [2.45, 2.75) is 31.8 Å². The lowest BCUT2D eigenvalue weighted by Gasteiger charge is -2.35. The predicted octanol–water partition coefficient (Wildman–Crippen LogP) is 0.674. The summed E-state index contributed by atoms with van der Waals surface area (Å²) in [4.78, 5) is 25.5. The molecule has 0 aromatic carbocycles. The number of nitrogens with one attached hydrogen (secondary N) is 1. The van der Waals surface area contributed by atoms with Gasteiger partial charge >= 0.3 is 0 Å². The van der Waals surface area contributed by atoms with Crippen molar-refractivity contribution in [2.24, 2.45) is 0 Å². The lowest BCUT2D eigenvalue weighted by molar-refractivity contribution is -0.150. The lowest BCUT2D eigenvalue weighted by atomic mass is 9.95. The number of hydrogen-bond acceptors (Lipinski definition) is 6. The molecule has 132 valence electrons. The topological polar surface area (TPSA) is 70.6 Å². The molecule has 0 bridgehead atoms. The van der Waals surface area contributed by atoms with Gasteiger partial charge in [0.15, 0.2) is 0 Å². The summed E-state index contributed by atoms with van der Waals surface area (Å²) in [5.74, 6) is 0.825. The summed E-state index contributed by atoms with van der Waals surface area (Å²) >= 11 is 0. The SMILES string of the molecule is CC1(C(=O)NCCN2CCN(c3ncccn3)CC2)CCCCO1. The van der Waals surface area contributed by atoms with Gasteiger partial charge in [0, 0.05) is 58.3 Å². The fourth-order valence-electron chi connectivity index (χ4n) is 3.25. The summed E-state index contributed by atoms with van der Waals surface area (Å²) in [6.45, 7) is 7.87. The van der Waals surface area contributed by atoms with Crippen LogP contribution in [0.2, 0.25) is 0 Å². The average molecular weight is 333 g/mol. The minimum atomic E-state index is -0.637. The van der Waals surface area contributed by atoms with Gasteiger partial charge in [0.2, 0.25) is 5.95 Å². The Labute approximate surface area is 143 Å². The van der Waals surface area contributed by atoms with Gasteiger partial charge in [-0.15, -0.1) is 0 Å². The third-order valence-corrected chi connectivity index (χ3v) is 4.87. The number of hydrogen-bond donors (Lipinski definition) is 1. The van der Waals surface area contributed by atoms with Crippen molar-refractivity contribution < 1.29 is 9.53 Å². The Morgan fingerprint density at radius 3 is 2.67 bits per heavy atom. The van der Waals surface area contributed by atoms with Crippen LogP contribution in [0.5, 0.6) is 0 Å². The molecule has 1 amide bonds. The molecule has 2 saturated heterocycles. The molecule has 1 unspecified atom stereocenters. The Morgan fingerprint density at radius 2 is 2.00 bits per heavy atom. The summed E-state index contributed by atoms with van der Waals surface area (Å²) in [7, 11) is 0. The number of carbonyl (C=O) groups is 1. The van der Waals surface area contributed by atoms with Crippen molar-refractivity contribution in [3.8, 4) is 0 Å². The van der Waals surface area contributed by atoms with Crippen LogP contribution in [0.1, 0.15) is 26.2 Å². The van der Waals surface area contributed by atoms with Crippen LogP contribution in [-0.4, -0.2) is 72.3 Å². The standard InChI is InChI=1S/C17H27N5O2/c1-17(5-2-3-14-24-17)15(23)18-8-9-21-10-12-22(13-11-21)16-19-6-4-7-20-16/h4,6-7H,2-3,5,8-14H2,1H3,(H,18,23). The second-order valence-corrected chi connectivity index (χ2v) is 6.67. The summed E-state index contributed by atoms with van der Waals surface area (Å²) in [6.07, 6.45) is 6.48. The van der Waals surface area contributed by atoms with Crippen LogP contribution in [0, 0.1) is 0 Å². The second kappa shape index (κ2) is 7.90. The van der Waals surface area contributed by atoms with Gasteiger partial charge in [-0.05, 0) is 32.3 Å². The molecule has 1 aromatic rings. The van der Waals surface area contributed by atoms with Crippen molar-refractivity contribution in [2.75, 3.05) is 50.8 Å². The van der Waals surface area contributed by atoms with Crippen LogP contribution in [0.25, 0.3) is 0 Å². The van der Waals surface area contributed by atoms with E-state index < -0.39 is 5.60 Å². The molecule has 3 rings (SSSR count). The van der Waals surface area contributed by atoms with Crippen LogP contribution in [-0.2, 0) is 9.53 Å². The maximum absolute atomic E-state index is 12.3. The van der Waals surface area contributed by atoms with Gasteiger partial charge in [-0.2, -0.15) is 0 Å². The Bertz CT molecular complexity index is 525. The fraction of sp³-hybridized carbons (Fsp3) is 0.706. The van der Waals surface area contributed by atoms with E-state index in [9.17, 15) is 4.79 Å². The smallest absolute Gasteiger partial charge is 0.252 e. The molecule has 0 radical (unpaired) electrons. The minimum Gasteiger partial charge on any atom is -0.365 e. The highest BCUT2D eigenvalue weighted by atomic mass is 16.5. The van der Waals surface area contributed by atoms with Gasteiger partial charge in [-0.25, -0.2) is 9.97 Å². The maximum atomic E-state index is 12.3. The molecular formula is C17H27N5O2. The van der Waals surface area contributed by atoms with Gasteiger partial charge in [-0.1, -0.05) is 0 Å². The fourth-order valence-corrected chi connectivity index (χ4v) is 3.25. The molecule has 2 aliphatic heterocycles. The van der Waals surface area contributed by atoms with Crippen molar-refractivity contribution in [1.82, 2.24) is 20.2 Å². The van der Waals surface area contributed by atoms with Gasteiger partial charge in [0.25, 0.3) is 5.91 Å². The Hall–Kier alpha value is -1.73. The number of nitrogens with zero attached hydrogens (tertiary/aromatic N) is 4. The predicted molar refractivity (Wildman–Crippen MR) is 91.9 cm³/mol. The third kappa shape index (κ3) is 4.21. The first-order chi connectivity index (χ1) is 11.7. The first-order valence-corrected chi connectivity index (χ1v) is 8.84. The van der Waals surface area contributed by atoms with Crippen molar-refractivity contribution in [3.63, 3.8) is 0 Å². The van der Waals surface area contributed by atoms with E-state index in [1.165, 1.54) is 0 Å². The quantitative estimate of drug-likeness (QED) is 0.854. The monoisotopic (exact) mass is 333 g/mol. The van der Waals surface area contributed by atoms with Crippen LogP contribution >= 0.6 is 0 Å². The summed E-state index contributed by atoms with van der Waals surface area (Å²) < 4.78 is 5.69. The van der Waals surface area contributed by atoms with Gasteiger partial charge in [0.05, 0.1) is 0 Å². The number of rotatable bonds is 5. The van der Waals surface area contributed by atoms with E-state index in [4.69, 9.17) is 4.74 Å². The average Bonchev–Trinajstić information content (AvgIpc) is 2.63. The molecule has 0 spiro atoms. The third-order valence-electron chi connectivity index (χ3n) is 4.87. The van der Waals surface area contributed by atoms with Crippen molar-refractivity contribution in [3.05, 3.63) is 18.5 Å². The van der Waals surface area contributed by atoms with Crippen LogP contribution in [0.15, 0.2) is 18.5 Å². The highest BCUT2D eigenvalue weighted by Gasteiger charge is 2.35. The summed E-state index contributed by atoms with van der Waals surface area (Å²) in [6, 6.07) is 1.83. The van der Waals surface area contributed by atoms with Crippen LogP contribution in [0.4, 0.5) is 5.95 Å². The van der Waals surface area contributed by atoms with Crippen molar-refractivity contribution in [1.29, 1.82) is 0 Å². The van der Waals surface area contributed by atoms with Crippen LogP contribution in [0.3, 0.4) is 0 Å². The Balaban J connectivity index is 1.37. The first-order valence-electron chi connectivity index (χ1n) is 8.84. The Kier molecular flexibility index (Phi) is 5.63. The molecule has 1 aromatic heterocycles. The highest BCUT2D eigenvalue weighted by molar-refractivity contribution is 5.84. The zero-order chi connectivity index (χ0) is 16.8. The van der Waals surface area contributed by atoms with E-state index >= 15 is 0 Å². The number of amides is 1. The lowest BCUT2D eigenvalue weighted by Crippen LogP contribution is -2.52. The Morgan fingerprint density at radius 1 is 1.25 bits per heavy atom. The van der Waals surface area contributed by atoms with E-state index in [0.29, 0.717) is 13.2 Å². The normalized spacial score (nSPS) is 25.5. The van der Waals surface area contributed by atoms with Crippen LogP contribution < -0.4 is 10.2 Å². The van der Waals surface area contributed by atoms with E-state index in [1.807, 2.05) is 13.0 Å². The molecule has 2 fully saturated rings. The van der Waals surface area contributed by atoms with Gasteiger partial charge in [-0.3, -0.25) is 9.69 Å². The minimum absolute atomic E-state index is 0.0264. The molecule has 24 heavy (non-hydrogen) atoms. The maximum Gasteiger partial charge on any atom is 0.252 e. The van der Waals surface area contributed by atoms with E-state index in [1.54, 1.807) is 12.4 Å².